The number of piperidine rings is 1. The Kier molecular flexibility index (Phi) is 10.9. The van der Waals surface area contributed by atoms with Crippen LogP contribution in [-0.2, 0) is 30.8 Å². The second-order valence-corrected chi connectivity index (χ2v) is 12.9. The number of rotatable bonds is 13. The molecular formula is C30H41N7O5S. The number of anilines is 1. The predicted molar refractivity (Wildman–Crippen MR) is 164 cm³/mol. The van der Waals surface area contributed by atoms with Crippen LogP contribution in [0.1, 0.15) is 43.2 Å². The number of nitrogens with zero attached hydrogens (tertiary/aromatic N) is 1. The average Bonchev–Trinajstić information content (AvgIpc) is 2.96. The topological polar surface area (TPSA) is 187 Å². The largest absolute Gasteiger partial charge is 0.384 e. The lowest BCUT2D eigenvalue weighted by Crippen LogP contribution is -2.51. The van der Waals surface area contributed by atoms with Crippen LogP contribution in [0.4, 0.5) is 5.69 Å². The number of benzene rings is 2. The molecule has 4 rings (SSSR count). The number of hydrogen-bond donors (Lipinski definition) is 6. The second kappa shape index (κ2) is 14.6. The van der Waals surface area contributed by atoms with Gasteiger partial charge in [-0.05, 0) is 67.9 Å². The molecule has 0 aliphatic carbocycles. The molecule has 232 valence electrons. The smallest absolute Gasteiger partial charge is 0.241 e. The molecule has 0 aromatic heterocycles. The summed E-state index contributed by atoms with van der Waals surface area (Å²) in [5, 5.41) is 16.2. The van der Waals surface area contributed by atoms with Crippen LogP contribution in [0.2, 0.25) is 0 Å². The molecule has 2 aromatic carbocycles. The lowest BCUT2D eigenvalue weighted by atomic mass is 9.91. The number of likely N-dealkylation sites (tertiary alicyclic amines) is 1. The van der Waals surface area contributed by atoms with Crippen LogP contribution in [0.3, 0.4) is 0 Å². The highest BCUT2D eigenvalue weighted by molar-refractivity contribution is 7.89. The van der Waals surface area contributed by atoms with Crippen molar-refractivity contribution in [2.75, 3.05) is 38.5 Å². The minimum Gasteiger partial charge on any atom is -0.384 e. The van der Waals surface area contributed by atoms with Crippen molar-refractivity contribution in [2.24, 2.45) is 17.6 Å². The molecule has 2 fully saturated rings. The molecule has 2 aliphatic rings. The minimum atomic E-state index is -4.16. The first-order valence-corrected chi connectivity index (χ1v) is 16.1. The van der Waals surface area contributed by atoms with Gasteiger partial charge < -0.3 is 26.6 Å². The third-order valence-electron chi connectivity index (χ3n) is 8.06. The Labute approximate surface area is 252 Å². The Morgan fingerprint density at radius 1 is 1.09 bits per heavy atom. The maximum atomic E-state index is 13.8. The molecular weight excluding hydrogens is 570 g/mol. The van der Waals surface area contributed by atoms with Crippen molar-refractivity contribution in [1.82, 2.24) is 20.3 Å². The first-order valence-electron chi connectivity index (χ1n) is 14.6. The highest BCUT2D eigenvalue weighted by atomic mass is 32.2. The van der Waals surface area contributed by atoms with Crippen molar-refractivity contribution >= 4 is 39.3 Å². The average molecular weight is 612 g/mol. The number of carbonyl (C=O) groups is 3. The fourth-order valence-corrected chi connectivity index (χ4v) is 6.57. The van der Waals surface area contributed by atoms with E-state index in [1.165, 1.54) is 12.1 Å². The number of amidine groups is 1. The third-order valence-corrected chi connectivity index (χ3v) is 9.53. The predicted octanol–water partition coefficient (Wildman–Crippen LogP) is 1.17. The van der Waals surface area contributed by atoms with Crippen LogP contribution in [0.5, 0.6) is 0 Å². The van der Waals surface area contributed by atoms with Gasteiger partial charge >= 0.3 is 0 Å². The molecule has 2 heterocycles. The van der Waals surface area contributed by atoms with Gasteiger partial charge in [-0.2, -0.15) is 4.72 Å². The number of hydrogen-bond acceptors (Lipinski definition) is 7. The summed E-state index contributed by atoms with van der Waals surface area (Å²) in [7, 11) is -2.54. The van der Waals surface area contributed by atoms with Gasteiger partial charge in [0.25, 0.3) is 0 Å². The van der Waals surface area contributed by atoms with Gasteiger partial charge in [0.2, 0.25) is 27.7 Å². The molecule has 2 aromatic rings. The first kappa shape index (κ1) is 32.1. The fourth-order valence-electron chi connectivity index (χ4n) is 5.33. The zero-order valence-electron chi connectivity index (χ0n) is 24.4. The number of nitrogen functional groups attached to an aromatic ring is 1. The van der Waals surface area contributed by atoms with E-state index in [0.717, 1.165) is 25.7 Å². The number of nitrogens with two attached hydrogens (primary N) is 1. The molecule has 0 spiro atoms. The lowest BCUT2D eigenvalue weighted by molar-refractivity contribution is -0.134. The van der Waals surface area contributed by atoms with Crippen molar-refractivity contribution in [3.63, 3.8) is 0 Å². The molecule has 2 saturated heterocycles. The van der Waals surface area contributed by atoms with E-state index in [0.29, 0.717) is 55.3 Å². The van der Waals surface area contributed by atoms with Crippen LogP contribution in [0.15, 0.2) is 53.4 Å². The monoisotopic (exact) mass is 611 g/mol. The van der Waals surface area contributed by atoms with E-state index in [2.05, 4.69) is 20.7 Å². The molecule has 0 saturated carbocycles. The van der Waals surface area contributed by atoms with Crippen molar-refractivity contribution in [3.8, 4) is 0 Å². The van der Waals surface area contributed by atoms with Crippen molar-refractivity contribution in [3.05, 3.63) is 59.7 Å². The first-order chi connectivity index (χ1) is 20.6. The number of carbonyl (C=O) groups excluding carboxylic acids is 3. The van der Waals surface area contributed by atoms with E-state index in [-0.39, 0.29) is 40.8 Å². The van der Waals surface area contributed by atoms with E-state index < -0.39 is 16.1 Å². The Morgan fingerprint density at radius 2 is 1.81 bits per heavy atom. The third kappa shape index (κ3) is 8.85. The van der Waals surface area contributed by atoms with Gasteiger partial charge in [-0.3, -0.25) is 19.8 Å². The van der Waals surface area contributed by atoms with Crippen LogP contribution in [0.25, 0.3) is 0 Å². The molecule has 0 radical (unpaired) electrons. The number of nitrogens with one attached hydrogen (secondary N) is 5. The maximum Gasteiger partial charge on any atom is 0.241 e. The van der Waals surface area contributed by atoms with Gasteiger partial charge in [-0.1, -0.05) is 24.3 Å². The van der Waals surface area contributed by atoms with Crippen LogP contribution >= 0.6 is 0 Å². The number of sulfonamides is 1. The Hall–Kier alpha value is -3.81. The molecule has 43 heavy (non-hydrogen) atoms. The Balaban J connectivity index is 1.48. The van der Waals surface area contributed by atoms with E-state index in [1.54, 1.807) is 48.3 Å². The molecule has 7 N–H and O–H groups in total. The highest BCUT2D eigenvalue weighted by Gasteiger charge is 2.32. The molecule has 13 heteroatoms. The Morgan fingerprint density at radius 3 is 2.47 bits per heavy atom. The molecule has 0 unspecified atom stereocenters. The molecule has 12 nitrogen and oxygen atoms in total. The van der Waals surface area contributed by atoms with Gasteiger partial charge in [-0.15, -0.1) is 0 Å². The second-order valence-electron chi connectivity index (χ2n) is 11.2. The van der Waals surface area contributed by atoms with E-state index in [1.807, 2.05) is 0 Å². The summed E-state index contributed by atoms with van der Waals surface area (Å²) in [6, 6.07) is 11.7. The molecule has 0 bridgehead atoms. The SMILES string of the molecule is CNC(=O)CCCC1CCN(C(=O)[C@@H](Cc2cccc(C(=N)N)c2)NS(=O)(=O)c2cccc(NC(=O)C3CNC3)c2)CC1. The summed E-state index contributed by atoms with van der Waals surface area (Å²) in [6.45, 7) is 2.14. The summed E-state index contributed by atoms with van der Waals surface area (Å²) in [4.78, 5) is 39.4. The van der Waals surface area contributed by atoms with Crippen LogP contribution < -0.4 is 26.4 Å². The fraction of sp³-hybridized carbons (Fsp3) is 0.467. The van der Waals surface area contributed by atoms with Crippen molar-refractivity contribution < 1.29 is 22.8 Å². The van der Waals surface area contributed by atoms with Gasteiger partial charge in [0, 0.05) is 50.9 Å². The van der Waals surface area contributed by atoms with Gasteiger partial charge in [0.15, 0.2) is 0 Å². The summed E-state index contributed by atoms with van der Waals surface area (Å²) in [5.41, 5.74) is 7.16. The zero-order chi connectivity index (χ0) is 31.0. The van der Waals surface area contributed by atoms with Gasteiger partial charge in [-0.25, -0.2) is 8.42 Å². The van der Waals surface area contributed by atoms with Crippen molar-refractivity contribution in [1.29, 1.82) is 5.41 Å². The summed E-state index contributed by atoms with van der Waals surface area (Å²) in [6.07, 6.45) is 3.77. The van der Waals surface area contributed by atoms with E-state index in [9.17, 15) is 22.8 Å². The van der Waals surface area contributed by atoms with E-state index in [4.69, 9.17) is 11.1 Å². The zero-order valence-corrected chi connectivity index (χ0v) is 25.2. The molecule has 3 amide bonds. The van der Waals surface area contributed by atoms with Crippen molar-refractivity contribution in [2.45, 2.75) is 49.5 Å². The molecule has 2 aliphatic heterocycles. The normalized spacial score (nSPS) is 16.6. The van der Waals surface area contributed by atoms with Crippen LogP contribution in [0, 0.1) is 17.2 Å². The van der Waals surface area contributed by atoms with Gasteiger partial charge in [0.05, 0.1) is 10.8 Å². The van der Waals surface area contributed by atoms with Gasteiger partial charge in [0.1, 0.15) is 11.9 Å². The number of amides is 3. The lowest BCUT2D eigenvalue weighted by Gasteiger charge is -2.34. The Bertz CT molecular complexity index is 1440. The standard InChI is InChI=1S/C30H41N7O5S/c1-33-27(38)10-3-5-20-11-13-37(14-12-20)30(40)26(16-21-6-2-7-22(15-21)28(31)32)36-43(41,42)25-9-4-8-24(17-25)35-29(39)23-18-34-19-23/h2,4,6-9,15,17,20,23,26,34,36H,3,5,10-14,16,18-19H2,1H3,(H3,31,32)(H,33,38)(H,35,39)/t26-/m1/s1. The minimum absolute atomic E-state index is 0.0140. The summed E-state index contributed by atoms with van der Waals surface area (Å²) in [5.74, 6) is -0.393. The van der Waals surface area contributed by atoms with E-state index >= 15 is 0 Å². The van der Waals surface area contributed by atoms with Crippen LogP contribution in [-0.4, -0.2) is 76.1 Å². The summed E-state index contributed by atoms with van der Waals surface area (Å²) >= 11 is 0. The molecule has 1 atom stereocenters. The maximum absolute atomic E-state index is 13.8. The quantitative estimate of drug-likeness (QED) is 0.145. The highest BCUT2D eigenvalue weighted by Crippen LogP contribution is 2.24. The summed E-state index contributed by atoms with van der Waals surface area (Å²) < 4.78 is 29.8.